The molecule has 2 amide bonds. The highest BCUT2D eigenvalue weighted by Gasteiger charge is 2.25. The van der Waals surface area contributed by atoms with Crippen LogP contribution >= 0.6 is 0 Å². The molecular formula is C27H38N2O4. The van der Waals surface area contributed by atoms with Crippen molar-refractivity contribution in [2.24, 2.45) is 0 Å². The fourth-order valence-electron chi connectivity index (χ4n) is 3.74. The molecule has 0 unspecified atom stereocenters. The molecule has 0 bridgehead atoms. The smallest absolute Gasteiger partial charge is 0.255 e. The fourth-order valence-corrected chi connectivity index (χ4v) is 3.74. The predicted octanol–water partition coefficient (Wildman–Crippen LogP) is 4.86. The Morgan fingerprint density at radius 2 is 1.18 bits per heavy atom. The number of aromatic hydroxyl groups is 2. The van der Waals surface area contributed by atoms with E-state index in [1.54, 1.807) is 19.1 Å². The molecule has 33 heavy (non-hydrogen) atoms. The summed E-state index contributed by atoms with van der Waals surface area (Å²) in [6.07, 6.45) is 0. The van der Waals surface area contributed by atoms with Crippen LogP contribution in [0.3, 0.4) is 0 Å². The third kappa shape index (κ3) is 6.28. The van der Waals surface area contributed by atoms with E-state index in [2.05, 4.69) is 10.6 Å². The van der Waals surface area contributed by atoms with Crippen LogP contribution in [-0.4, -0.2) is 34.6 Å². The predicted molar refractivity (Wildman–Crippen MR) is 132 cm³/mol. The molecule has 180 valence electrons. The Balaban J connectivity index is 2.14. The van der Waals surface area contributed by atoms with E-state index < -0.39 is 17.9 Å². The summed E-state index contributed by atoms with van der Waals surface area (Å²) in [4.78, 5) is 25.6. The average Bonchev–Trinajstić information content (AvgIpc) is 2.67. The van der Waals surface area contributed by atoms with E-state index in [0.29, 0.717) is 11.1 Å². The molecule has 0 spiro atoms. The van der Waals surface area contributed by atoms with Gasteiger partial charge in [-0.1, -0.05) is 53.7 Å². The summed E-state index contributed by atoms with van der Waals surface area (Å²) in [5.74, 6) is -0.865. The van der Waals surface area contributed by atoms with Crippen molar-refractivity contribution < 1.29 is 19.8 Å². The van der Waals surface area contributed by atoms with Gasteiger partial charge in [-0.2, -0.15) is 0 Å². The summed E-state index contributed by atoms with van der Waals surface area (Å²) in [5, 5.41) is 27.0. The Bertz CT molecular complexity index is 1060. The van der Waals surface area contributed by atoms with Crippen LogP contribution in [0.1, 0.15) is 91.4 Å². The first-order valence-corrected chi connectivity index (χ1v) is 11.3. The molecule has 1 atom stereocenters. The zero-order chi connectivity index (χ0) is 25.3. The van der Waals surface area contributed by atoms with Gasteiger partial charge in [-0.15, -0.1) is 0 Å². The highest BCUT2D eigenvalue weighted by atomic mass is 16.3. The Morgan fingerprint density at radius 1 is 0.788 bits per heavy atom. The molecule has 0 aromatic heterocycles. The number of nitrogens with one attached hydrogen (secondary N) is 2. The van der Waals surface area contributed by atoms with Crippen LogP contribution in [-0.2, 0) is 10.8 Å². The lowest BCUT2D eigenvalue weighted by atomic mass is 9.84. The van der Waals surface area contributed by atoms with Gasteiger partial charge < -0.3 is 20.8 Å². The van der Waals surface area contributed by atoms with Gasteiger partial charge in [0.15, 0.2) is 0 Å². The van der Waals surface area contributed by atoms with Gasteiger partial charge in [0.1, 0.15) is 11.5 Å². The van der Waals surface area contributed by atoms with Crippen molar-refractivity contribution in [3.8, 4) is 11.5 Å². The van der Waals surface area contributed by atoms with Crippen LogP contribution in [0.25, 0.3) is 0 Å². The van der Waals surface area contributed by atoms with E-state index in [4.69, 9.17) is 0 Å². The van der Waals surface area contributed by atoms with Crippen molar-refractivity contribution in [1.82, 2.24) is 10.6 Å². The Hall–Kier alpha value is -3.02. The second-order valence-electron chi connectivity index (χ2n) is 11.0. The van der Waals surface area contributed by atoms with E-state index in [-0.39, 0.29) is 40.0 Å². The van der Waals surface area contributed by atoms with Gasteiger partial charge in [0.2, 0.25) is 0 Å². The van der Waals surface area contributed by atoms with Crippen LogP contribution in [0.4, 0.5) is 0 Å². The number of carbonyl (C=O) groups is 2. The molecule has 0 radical (unpaired) electrons. The van der Waals surface area contributed by atoms with E-state index in [1.807, 2.05) is 67.5 Å². The molecule has 2 aromatic carbocycles. The molecule has 0 aliphatic rings. The van der Waals surface area contributed by atoms with E-state index in [9.17, 15) is 19.8 Å². The standard InChI is InChI=1S/C27H38N2O4/c1-15-10-18(22(30)20(12-15)26(4,5)6)24(32)28-14-17(3)29-25(33)19-11-16(2)13-21(23(19)31)27(7,8)9/h10-13,17,30-31H,14H2,1-9H3,(H,28,32)(H,29,33)/t17-/m0/s1. The van der Waals surface area contributed by atoms with Gasteiger partial charge in [0.25, 0.3) is 11.8 Å². The summed E-state index contributed by atoms with van der Waals surface area (Å²) in [7, 11) is 0. The Kier molecular flexibility index (Phi) is 7.52. The third-order valence-electron chi connectivity index (χ3n) is 5.56. The maximum absolute atomic E-state index is 12.9. The molecule has 0 saturated carbocycles. The maximum atomic E-state index is 12.9. The first-order valence-electron chi connectivity index (χ1n) is 11.3. The van der Waals surface area contributed by atoms with Crippen LogP contribution in [0.15, 0.2) is 24.3 Å². The number of amides is 2. The molecule has 0 heterocycles. The molecule has 6 heteroatoms. The summed E-state index contributed by atoms with van der Waals surface area (Å²) >= 11 is 0. The lowest BCUT2D eigenvalue weighted by Crippen LogP contribution is -2.42. The SMILES string of the molecule is Cc1cc(C(=O)NC[C@H](C)NC(=O)c2cc(C)cc(C(C)(C)C)c2O)c(O)c(C(C)(C)C)c1. The largest absolute Gasteiger partial charge is 0.507 e. The highest BCUT2D eigenvalue weighted by Crippen LogP contribution is 2.35. The average molecular weight is 455 g/mol. The number of phenols is 2. The lowest BCUT2D eigenvalue weighted by molar-refractivity contribution is 0.0908. The molecule has 0 aliphatic carbocycles. The summed E-state index contributed by atoms with van der Waals surface area (Å²) in [6, 6.07) is 6.69. The number of carbonyl (C=O) groups excluding carboxylic acids is 2. The quantitative estimate of drug-likeness (QED) is 0.519. The van der Waals surface area contributed by atoms with Gasteiger partial charge >= 0.3 is 0 Å². The van der Waals surface area contributed by atoms with Crippen molar-refractivity contribution in [2.75, 3.05) is 6.54 Å². The topological polar surface area (TPSA) is 98.7 Å². The minimum atomic E-state index is -0.406. The van der Waals surface area contributed by atoms with Gasteiger partial charge in [-0.3, -0.25) is 9.59 Å². The molecule has 4 N–H and O–H groups in total. The van der Waals surface area contributed by atoms with Gasteiger partial charge in [0.05, 0.1) is 11.1 Å². The van der Waals surface area contributed by atoms with Crippen molar-refractivity contribution in [3.63, 3.8) is 0 Å². The second kappa shape index (κ2) is 9.46. The van der Waals surface area contributed by atoms with Gasteiger partial charge in [-0.25, -0.2) is 0 Å². The van der Waals surface area contributed by atoms with E-state index >= 15 is 0 Å². The van der Waals surface area contributed by atoms with Crippen LogP contribution in [0.2, 0.25) is 0 Å². The fraction of sp³-hybridized carbons (Fsp3) is 0.481. The lowest BCUT2D eigenvalue weighted by Gasteiger charge is -2.24. The number of aryl methyl sites for hydroxylation is 2. The van der Waals surface area contributed by atoms with Crippen LogP contribution in [0.5, 0.6) is 11.5 Å². The number of rotatable bonds is 5. The monoisotopic (exact) mass is 454 g/mol. The van der Waals surface area contributed by atoms with Crippen molar-refractivity contribution in [3.05, 3.63) is 57.6 Å². The maximum Gasteiger partial charge on any atom is 0.255 e. The number of phenolic OH excluding ortho intramolecular Hbond substituents is 2. The first-order chi connectivity index (χ1) is 15.0. The Labute approximate surface area is 197 Å². The minimum absolute atomic E-state index is 0.0262. The van der Waals surface area contributed by atoms with Crippen molar-refractivity contribution in [2.45, 2.75) is 79.2 Å². The van der Waals surface area contributed by atoms with Gasteiger partial charge in [-0.05, 0) is 54.9 Å². The number of hydrogen-bond donors (Lipinski definition) is 4. The number of hydrogen-bond acceptors (Lipinski definition) is 4. The van der Waals surface area contributed by atoms with E-state index in [0.717, 1.165) is 11.1 Å². The second-order valence-corrected chi connectivity index (χ2v) is 11.0. The molecule has 0 saturated heterocycles. The van der Waals surface area contributed by atoms with Crippen molar-refractivity contribution >= 4 is 11.8 Å². The van der Waals surface area contributed by atoms with Crippen LogP contribution < -0.4 is 10.6 Å². The van der Waals surface area contributed by atoms with Gasteiger partial charge in [0, 0.05) is 23.7 Å². The van der Waals surface area contributed by atoms with Crippen molar-refractivity contribution in [1.29, 1.82) is 0 Å². The summed E-state index contributed by atoms with van der Waals surface area (Å²) < 4.78 is 0. The van der Waals surface area contributed by atoms with E-state index in [1.165, 1.54) is 0 Å². The Morgan fingerprint density at radius 3 is 1.58 bits per heavy atom. The molecule has 0 aliphatic heterocycles. The zero-order valence-electron chi connectivity index (χ0n) is 21.3. The molecule has 6 nitrogen and oxygen atoms in total. The summed E-state index contributed by atoms with van der Waals surface area (Å²) in [5.41, 5.74) is 2.98. The molecule has 2 rings (SSSR count). The molecule has 2 aromatic rings. The highest BCUT2D eigenvalue weighted by molar-refractivity contribution is 5.99. The minimum Gasteiger partial charge on any atom is -0.507 e. The third-order valence-corrected chi connectivity index (χ3v) is 5.56. The van der Waals surface area contributed by atoms with Crippen LogP contribution in [0, 0.1) is 13.8 Å². The normalized spacial score (nSPS) is 12.9. The molecular weight excluding hydrogens is 416 g/mol. The zero-order valence-corrected chi connectivity index (χ0v) is 21.3. The number of benzene rings is 2. The first kappa shape index (κ1) is 26.2. The summed E-state index contributed by atoms with van der Waals surface area (Å²) in [6.45, 7) is 17.6. The molecule has 0 fully saturated rings.